The molecule has 3 aromatic rings. The van der Waals surface area contributed by atoms with Crippen molar-refractivity contribution in [2.45, 2.75) is 12.5 Å². The maximum Gasteiger partial charge on any atom is 0.337 e. The van der Waals surface area contributed by atoms with Gasteiger partial charge in [0.25, 0.3) is 0 Å². The second-order valence-corrected chi connectivity index (χ2v) is 5.83. The second kappa shape index (κ2) is 5.43. The van der Waals surface area contributed by atoms with E-state index in [4.69, 9.17) is 4.74 Å². The molecule has 23 heavy (non-hydrogen) atoms. The minimum atomic E-state index is -0.303. The van der Waals surface area contributed by atoms with Gasteiger partial charge in [0.1, 0.15) is 0 Å². The summed E-state index contributed by atoms with van der Waals surface area (Å²) in [7, 11) is 1.40. The van der Waals surface area contributed by atoms with Gasteiger partial charge in [-0.15, -0.1) is 0 Å². The van der Waals surface area contributed by atoms with E-state index in [0.29, 0.717) is 5.56 Å². The third-order valence-corrected chi connectivity index (χ3v) is 4.48. The first kappa shape index (κ1) is 13.8. The van der Waals surface area contributed by atoms with Crippen LogP contribution in [-0.4, -0.2) is 13.1 Å². The topological polar surface area (TPSA) is 38.3 Å². The summed E-state index contributed by atoms with van der Waals surface area (Å²) in [6, 6.07) is 20.8. The Morgan fingerprint density at radius 2 is 1.91 bits per heavy atom. The van der Waals surface area contributed by atoms with Crippen LogP contribution in [0.5, 0.6) is 0 Å². The zero-order valence-electron chi connectivity index (χ0n) is 12.9. The Bertz CT molecular complexity index is 896. The summed E-state index contributed by atoms with van der Waals surface area (Å²) >= 11 is 0. The molecule has 0 aromatic heterocycles. The van der Waals surface area contributed by atoms with Crippen LogP contribution in [-0.2, 0) is 11.2 Å². The quantitative estimate of drug-likeness (QED) is 0.716. The van der Waals surface area contributed by atoms with Gasteiger partial charge in [0.05, 0.1) is 18.7 Å². The monoisotopic (exact) mass is 303 g/mol. The van der Waals surface area contributed by atoms with Gasteiger partial charge < -0.3 is 10.1 Å². The fourth-order valence-electron chi connectivity index (χ4n) is 3.33. The minimum Gasteiger partial charge on any atom is -0.465 e. The average molecular weight is 303 g/mol. The van der Waals surface area contributed by atoms with Gasteiger partial charge in [-0.1, -0.05) is 48.5 Å². The molecule has 3 aromatic carbocycles. The van der Waals surface area contributed by atoms with E-state index in [1.807, 2.05) is 18.2 Å². The number of ether oxygens (including phenoxy) is 1. The number of benzene rings is 3. The van der Waals surface area contributed by atoms with Gasteiger partial charge >= 0.3 is 5.97 Å². The van der Waals surface area contributed by atoms with Crippen LogP contribution < -0.4 is 5.32 Å². The van der Waals surface area contributed by atoms with Gasteiger partial charge in [-0.25, -0.2) is 4.79 Å². The van der Waals surface area contributed by atoms with Gasteiger partial charge in [-0.05, 0) is 40.5 Å². The van der Waals surface area contributed by atoms with Gasteiger partial charge in [-0.2, -0.15) is 0 Å². The molecular formula is C20H17NO2. The highest BCUT2D eigenvalue weighted by molar-refractivity contribution is 5.91. The van der Waals surface area contributed by atoms with Crippen LogP contribution in [0.15, 0.2) is 60.7 Å². The van der Waals surface area contributed by atoms with Crippen molar-refractivity contribution in [2.24, 2.45) is 0 Å². The van der Waals surface area contributed by atoms with Crippen LogP contribution in [0.1, 0.15) is 27.5 Å². The smallest absolute Gasteiger partial charge is 0.337 e. The molecule has 0 aliphatic carbocycles. The van der Waals surface area contributed by atoms with Gasteiger partial charge in [0.2, 0.25) is 0 Å². The molecule has 1 aliphatic rings. The largest absolute Gasteiger partial charge is 0.465 e. The number of hydrogen-bond donors (Lipinski definition) is 1. The summed E-state index contributed by atoms with van der Waals surface area (Å²) in [5, 5.41) is 6.07. The van der Waals surface area contributed by atoms with E-state index in [9.17, 15) is 4.79 Å². The molecule has 1 aliphatic heterocycles. The van der Waals surface area contributed by atoms with E-state index in [1.54, 1.807) is 0 Å². The van der Waals surface area contributed by atoms with Crippen LogP contribution in [0.25, 0.3) is 10.8 Å². The maximum atomic E-state index is 11.7. The van der Waals surface area contributed by atoms with Gasteiger partial charge in [0, 0.05) is 5.69 Å². The Kier molecular flexibility index (Phi) is 3.27. The molecule has 3 heteroatoms. The van der Waals surface area contributed by atoms with Crippen LogP contribution in [0.4, 0.5) is 5.69 Å². The lowest BCUT2D eigenvalue weighted by molar-refractivity contribution is 0.0601. The first-order valence-electron chi connectivity index (χ1n) is 7.72. The standard InChI is InChI=1S/C20H17NO2/c1-23-20(22)15-10-9-14-11-19(21-18(14)12-15)17-8-4-6-13-5-2-3-7-16(13)17/h2-10,12,19,21H,11H2,1H3. The van der Waals surface area contributed by atoms with Crippen LogP contribution in [0.3, 0.4) is 0 Å². The molecule has 0 radical (unpaired) electrons. The molecule has 3 nitrogen and oxygen atoms in total. The highest BCUT2D eigenvalue weighted by atomic mass is 16.5. The van der Waals surface area contributed by atoms with Gasteiger partial charge in [-0.3, -0.25) is 0 Å². The maximum absolute atomic E-state index is 11.7. The van der Waals surface area contributed by atoms with Crippen molar-refractivity contribution >= 4 is 22.4 Å². The number of carbonyl (C=O) groups excluding carboxylic acids is 1. The lowest BCUT2D eigenvalue weighted by atomic mass is 9.96. The normalized spacial score (nSPS) is 16.0. The number of hydrogen-bond acceptors (Lipinski definition) is 3. The zero-order chi connectivity index (χ0) is 15.8. The summed E-state index contributed by atoms with van der Waals surface area (Å²) in [6.07, 6.45) is 0.921. The molecule has 1 unspecified atom stereocenters. The molecule has 1 atom stereocenters. The SMILES string of the molecule is COC(=O)c1ccc2c(c1)NC(c1cccc3ccccc13)C2. The second-order valence-electron chi connectivity index (χ2n) is 5.83. The van der Waals surface area contributed by atoms with Crippen LogP contribution >= 0.6 is 0 Å². The number of rotatable bonds is 2. The average Bonchev–Trinajstić information content (AvgIpc) is 3.03. The van der Waals surface area contributed by atoms with Crippen molar-refractivity contribution in [1.29, 1.82) is 0 Å². The summed E-state index contributed by atoms with van der Waals surface area (Å²) in [5.74, 6) is -0.303. The minimum absolute atomic E-state index is 0.226. The van der Waals surface area contributed by atoms with Crippen LogP contribution in [0, 0.1) is 0 Å². The van der Waals surface area contributed by atoms with Crippen molar-refractivity contribution in [3.05, 3.63) is 77.4 Å². The number of methoxy groups -OCH3 is 1. The Hall–Kier alpha value is -2.81. The first-order chi connectivity index (χ1) is 11.3. The number of nitrogens with one attached hydrogen (secondary N) is 1. The Balaban J connectivity index is 1.71. The highest BCUT2D eigenvalue weighted by Gasteiger charge is 2.24. The number of esters is 1. The molecular weight excluding hydrogens is 286 g/mol. The molecule has 0 saturated carbocycles. The summed E-state index contributed by atoms with van der Waals surface area (Å²) < 4.78 is 4.80. The third-order valence-electron chi connectivity index (χ3n) is 4.48. The van der Waals surface area contributed by atoms with Crippen LogP contribution in [0.2, 0.25) is 0 Å². The number of anilines is 1. The lowest BCUT2D eigenvalue weighted by Crippen LogP contribution is -2.06. The first-order valence-corrected chi connectivity index (χ1v) is 7.72. The number of carbonyl (C=O) groups is 1. The molecule has 4 rings (SSSR count). The molecule has 0 fully saturated rings. The third kappa shape index (κ3) is 2.34. The molecule has 0 amide bonds. The Morgan fingerprint density at radius 3 is 2.78 bits per heavy atom. The van der Waals surface area contributed by atoms with Crippen molar-refractivity contribution in [3.63, 3.8) is 0 Å². The van der Waals surface area contributed by atoms with E-state index in [0.717, 1.165) is 12.1 Å². The van der Waals surface area contributed by atoms with Crippen molar-refractivity contribution in [1.82, 2.24) is 0 Å². The van der Waals surface area contributed by atoms with E-state index in [1.165, 1.54) is 29.0 Å². The fraction of sp³-hybridized carbons (Fsp3) is 0.150. The molecule has 0 spiro atoms. The van der Waals surface area contributed by atoms with Gasteiger partial charge in [0.15, 0.2) is 0 Å². The molecule has 0 saturated heterocycles. The predicted octanol–water partition coefficient (Wildman–Crippen LogP) is 4.34. The Labute approximate surface area is 134 Å². The molecule has 0 bridgehead atoms. The lowest BCUT2D eigenvalue weighted by Gasteiger charge is -2.14. The molecule has 1 N–H and O–H groups in total. The van der Waals surface area contributed by atoms with Crippen molar-refractivity contribution in [3.8, 4) is 0 Å². The van der Waals surface area contributed by atoms with E-state index in [-0.39, 0.29) is 12.0 Å². The van der Waals surface area contributed by atoms with E-state index < -0.39 is 0 Å². The van der Waals surface area contributed by atoms with E-state index in [2.05, 4.69) is 47.8 Å². The predicted molar refractivity (Wildman–Crippen MR) is 91.8 cm³/mol. The van der Waals surface area contributed by atoms with Crippen molar-refractivity contribution < 1.29 is 9.53 Å². The summed E-state index contributed by atoms with van der Waals surface area (Å²) in [6.45, 7) is 0. The van der Waals surface area contributed by atoms with Crippen molar-refractivity contribution in [2.75, 3.05) is 12.4 Å². The number of fused-ring (bicyclic) bond motifs is 2. The Morgan fingerprint density at radius 1 is 1.09 bits per heavy atom. The summed E-state index contributed by atoms with van der Waals surface area (Å²) in [5.41, 5.74) is 4.12. The molecule has 1 heterocycles. The highest BCUT2D eigenvalue weighted by Crippen LogP contribution is 2.37. The summed E-state index contributed by atoms with van der Waals surface area (Å²) in [4.78, 5) is 11.7. The molecule has 114 valence electrons. The fourth-order valence-corrected chi connectivity index (χ4v) is 3.33. The van der Waals surface area contributed by atoms with E-state index >= 15 is 0 Å². The zero-order valence-corrected chi connectivity index (χ0v) is 12.9.